The Kier molecular flexibility index (Phi) is 6.43. The summed E-state index contributed by atoms with van der Waals surface area (Å²) < 4.78 is 0. The first-order chi connectivity index (χ1) is 9.72. The maximum absolute atomic E-state index is 9.97. The lowest BCUT2D eigenvalue weighted by atomic mass is 9.79. The van der Waals surface area contributed by atoms with Crippen molar-refractivity contribution < 1.29 is 10.2 Å². The molecule has 0 spiro atoms. The van der Waals surface area contributed by atoms with Crippen LogP contribution in [0.1, 0.15) is 34.1 Å². The lowest BCUT2D eigenvalue weighted by Crippen LogP contribution is -2.37. The minimum Gasteiger partial charge on any atom is -0.508 e. The number of allylic oxidation sites excluding steroid dienone is 5. The fourth-order valence-corrected chi connectivity index (χ4v) is 2.64. The minimum absolute atomic E-state index is 0.231. The summed E-state index contributed by atoms with van der Waals surface area (Å²) in [5, 5.41) is 19.6. The molecule has 0 amide bonds. The van der Waals surface area contributed by atoms with Gasteiger partial charge in [-0.3, -0.25) is 0 Å². The first-order valence-electron chi connectivity index (χ1n) is 7.61. The molecule has 0 heterocycles. The van der Waals surface area contributed by atoms with Gasteiger partial charge in [-0.05, 0) is 43.3 Å². The first-order valence-corrected chi connectivity index (χ1v) is 7.61. The van der Waals surface area contributed by atoms with Crippen LogP contribution in [0, 0.1) is 17.8 Å². The number of aliphatic hydroxyl groups excluding tert-OH is 2. The van der Waals surface area contributed by atoms with E-state index in [2.05, 4.69) is 13.5 Å². The van der Waals surface area contributed by atoms with Gasteiger partial charge in [0.15, 0.2) is 0 Å². The zero-order chi connectivity index (χ0) is 16.2. The number of rotatable bonds is 6. The monoisotopic (exact) mass is 291 g/mol. The summed E-state index contributed by atoms with van der Waals surface area (Å²) in [7, 11) is 0. The van der Waals surface area contributed by atoms with E-state index in [0.717, 1.165) is 17.6 Å². The molecule has 1 aliphatic rings. The molecule has 118 valence electrons. The third kappa shape index (κ3) is 5.18. The molecule has 3 heteroatoms. The second-order valence-electron chi connectivity index (χ2n) is 6.48. The zero-order valence-electron chi connectivity index (χ0n) is 13.6. The highest BCUT2D eigenvalue weighted by atomic mass is 16.3. The molecule has 0 aromatic carbocycles. The summed E-state index contributed by atoms with van der Waals surface area (Å²) in [6.07, 6.45) is 7.44. The predicted molar refractivity (Wildman–Crippen MR) is 88.8 cm³/mol. The molecule has 0 fully saturated rings. The molecule has 0 radical (unpaired) electrons. The molecule has 1 aliphatic carbocycles. The summed E-state index contributed by atoms with van der Waals surface area (Å²) >= 11 is 0. The summed E-state index contributed by atoms with van der Waals surface area (Å²) in [6, 6.07) is -0.260. The average Bonchev–Trinajstić information content (AvgIpc) is 2.39. The fraction of sp³-hybridized carbons (Fsp3) is 0.556. The highest BCUT2D eigenvalue weighted by molar-refractivity contribution is 5.28. The second-order valence-corrected chi connectivity index (χ2v) is 6.48. The molecular formula is C18H29NO2. The van der Waals surface area contributed by atoms with E-state index in [1.807, 2.05) is 39.0 Å². The molecule has 21 heavy (non-hydrogen) atoms. The predicted octanol–water partition coefficient (Wildman–Crippen LogP) is 3.49. The van der Waals surface area contributed by atoms with E-state index in [1.54, 1.807) is 6.08 Å². The molecule has 4 unspecified atom stereocenters. The minimum atomic E-state index is -0.647. The van der Waals surface area contributed by atoms with Crippen LogP contribution in [0.15, 0.2) is 47.8 Å². The highest BCUT2D eigenvalue weighted by Gasteiger charge is 2.22. The summed E-state index contributed by atoms with van der Waals surface area (Å²) in [4.78, 5) is 0. The Balaban J connectivity index is 2.60. The molecule has 0 saturated heterocycles. The van der Waals surface area contributed by atoms with Crippen LogP contribution in [0.2, 0.25) is 0 Å². The zero-order valence-corrected chi connectivity index (χ0v) is 13.6. The molecule has 0 aliphatic heterocycles. The van der Waals surface area contributed by atoms with E-state index in [0.29, 0.717) is 11.7 Å². The van der Waals surface area contributed by atoms with Crippen LogP contribution in [0.4, 0.5) is 0 Å². The van der Waals surface area contributed by atoms with Gasteiger partial charge < -0.3 is 15.9 Å². The van der Waals surface area contributed by atoms with Crippen LogP contribution in [-0.4, -0.2) is 22.4 Å². The lowest BCUT2D eigenvalue weighted by molar-refractivity contribution is 0.168. The van der Waals surface area contributed by atoms with E-state index < -0.39 is 6.10 Å². The summed E-state index contributed by atoms with van der Waals surface area (Å²) in [6.45, 7) is 12.2. The Hall–Kier alpha value is -1.32. The summed E-state index contributed by atoms with van der Waals surface area (Å²) in [5.74, 6) is 1.20. The smallest absolute Gasteiger partial charge is 0.111 e. The molecule has 4 atom stereocenters. The first kappa shape index (κ1) is 17.7. The molecule has 0 saturated carbocycles. The SMILES string of the molecule is C=C(/C=C\C(O)C(N)C(C)C)CC1C(C)=CC(O)=CC1C. The van der Waals surface area contributed by atoms with Crippen molar-refractivity contribution in [1.82, 2.24) is 0 Å². The molecule has 1 rings (SSSR count). The normalized spacial score (nSPS) is 25.7. The van der Waals surface area contributed by atoms with Gasteiger partial charge in [-0.1, -0.05) is 50.6 Å². The standard InChI is InChI=1S/C18H29NO2/c1-11(2)18(19)17(21)7-6-12(3)8-16-13(4)9-15(20)10-14(16)5/h6-7,9-11,13,16-18,20-21H,3,8,19H2,1-2,4-5H3/b7-6-. The van der Waals surface area contributed by atoms with Gasteiger partial charge in [0.05, 0.1) is 6.10 Å². The lowest BCUT2D eigenvalue weighted by Gasteiger charge is -2.26. The van der Waals surface area contributed by atoms with E-state index in [4.69, 9.17) is 5.73 Å². The van der Waals surface area contributed by atoms with Gasteiger partial charge in [-0.2, -0.15) is 0 Å². The Labute approximate surface area is 128 Å². The molecule has 4 N–H and O–H groups in total. The van der Waals surface area contributed by atoms with Gasteiger partial charge in [0.2, 0.25) is 0 Å². The largest absolute Gasteiger partial charge is 0.508 e. The van der Waals surface area contributed by atoms with Crippen LogP contribution in [0.5, 0.6) is 0 Å². The van der Waals surface area contributed by atoms with Crippen LogP contribution >= 0.6 is 0 Å². The van der Waals surface area contributed by atoms with Gasteiger partial charge >= 0.3 is 0 Å². The Morgan fingerprint density at radius 3 is 2.62 bits per heavy atom. The molecule has 0 bridgehead atoms. The van der Waals surface area contributed by atoms with Gasteiger partial charge in [0, 0.05) is 6.04 Å². The Morgan fingerprint density at radius 1 is 1.48 bits per heavy atom. The van der Waals surface area contributed by atoms with Gasteiger partial charge in [0.25, 0.3) is 0 Å². The number of nitrogens with two attached hydrogens (primary N) is 1. The molecule has 3 nitrogen and oxygen atoms in total. The molecule has 0 aromatic rings. The van der Waals surface area contributed by atoms with Gasteiger partial charge in [0.1, 0.15) is 5.76 Å². The van der Waals surface area contributed by atoms with Crippen molar-refractivity contribution in [3.8, 4) is 0 Å². The van der Waals surface area contributed by atoms with E-state index in [-0.39, 0.29) is 17.9 Å². The third-order valence-corrected chi connectivity index (χ3v) is 4.20. The Bertz CT molecular complexity index is 460. The second kappa shape index (κ2) is 7.62. The molecule has 0 aromatic heterocycles. The topological polar surface area (TPSA) is 66.5 Å². The van der Waals surface area contributed by atoms with Crippen molar-refractivity contribution in [1.29, 1.82) is 0 Å². The average molecular weight is 291 g/mol. The maximum atomic E-state index is 9.97. The van der Waals surface area contributed by atoms with Gasteiger partial charge in [-0.25, -0.2) is 0 Å². The van der Waals surface area contributed by atoms with Gasteiger partial charge in [-0.15, -0.1) is 0 Å². The summed E-state index contributed by atoms with van der Waals surface area (Å²) in [5.41, 5.74) is 8.04. The van der Waals surface area contributed by atoms with Crippen LogP contribution in [0.25, 0.3) is 0 Å². The number of hydrogen-bond donors (Lipinski definition) is 3. The third-order valence-electron chi connectivity index (χ3n) is 4.20. The molecular weight excluding hydrogens is 262 g/mol. The maximum Gasteiger partial charge on any atom is 0.111 e. The van der Waals surface area contributed by atoms with Crippen molar-refractivity contribution in [3.63, 3.8) is 0 Å². The van der Waals surface area contributed by atoms with Crippen molar-refractivity contribution in [3.05, 3.63) is 47.8 Å². The Morgan fingerprint density at radius 2 is 2.10 bits per heavy atom. The van der Waals surface area contributed by atoms with Crippen molar-refractivity contribution in [2.24, 2.45) is 23.5 Å². The van der Waals surface area contributed by atoms with E-state index in [1.165, 1.54) is 0 Å². The van der Waals surface area contributed by atoms with E-state index in [9.17, 15) is 10.2 Å². The quantitative estimate of drug-likeness (QED) is 0.656. The van der Waals surface area contributed by atoms with E-state index >= 15 is 0 Å². The van der Waals surface area contributed by atoms with Crippen LogP contribution < -0.4 is 5.73 Å². The fourth-order valence-electron chi connectivity index (χ4n) is 2.64. The number of hydrogen-bond acceptors (Lipinski definition) is 3. The highest BCUT2D eigenvalue weighted by Crippen LogP contribution is 2.32. The van der Waals surface area contributed by atoms with Crippen molar-refractivity contribution in [2.45, 2.75) is 46.3 Å². The van der Waals surface area contributed by atoms with Crippen LogP contribution in [0.3, 0.4) is 0 Å². The van der Waals surface area contributed by atoms with Crippen LogP contribution in [-0.2, 0) is 0 Å². The van der Waals surface area contributed by atoms with Crippen molar-refractivity contribution >= 4 is 0 Å². The van der Waals surface area contributed by atoms with Crippen molar-refractivity contribution in [2.75, 3.05) is 0 Å². The number of aliphatic hydroxyl groups is 2.